The van der Waals surface area contributed by atoms with Gasteiger partial charge in [-0.1, -0.05) is 6.92 Å². The van der Waals surface area contributed by atoms with Crippen LogP contribution in [0.25, 0.3) is 0 Å². The van der Waals surface area contributed by atoms with Crippen LogP contribution in [0.2, 0.25) is 0 Å². The molecule has 2 rings (SSSR count). The lowest BCUT2D eigenvalue weighted by molar-refractivity contribution is 0.541. The predicted molar refractivity (Wildman–Crippen MR) is 66.7 cm³/mol. The van der Waals surface area contributed by atoms with Gasteiger partial charge in [0.25, 0.3) is 0 Å². The molecule has 0 aliphatic rings. The fraction of sp³-hybridized carbons (Fsp3) is 0.636. The minimum atomic E-state index is 0.729. The van der Waals surface area contributed by atoms with Crippen LogP contribution in [0.15, 0.2) is 12.7 Å². The first-order chi connectivity index (χ1) is 8.79. The fourth-order valence-electron chi connectivity index (χ4n) is 1.72. The zero-order valence-corrected chi connectivity index (χ0v) is 10.9. The summed E-state index contributed by atoms with van der Waals surface area (Å²) in [4.78, 5) is 8.41. The number of aryl methyl sites for hydroxylation is 2. The number of hydrogen-bond donors (Lipinski definition) is 1. The maximum absolute atomic E-state index is 4.24. The summed E-state index contributed by atoms with van der Waals surface area (Å²) in [5, 5.41) is 11.7. The Morgan fingerprint density at radius 2 is 2.22 bits per heavy atom. The lowest BCUT2D eigenvalue weighted by Crippen LogP contribution is -2.20. The van der Waals surface area contributed by atoms with E-state index in [-0.39, 0.29) is 0 Å². The molecule has 2 aromatic heterocycles. The number of hydrogen-bond acceptors (Lipinski definition) is 5. The van der Waals surface area contributed by atoms with E-state index in [1.807, 2.05) is 11.7 Å². The number of aromatic nitrogens is 6. The van der Waals surface area contributed by atoms with Gasteiger partial charge < -0.3 is 5.32 Å². The van der Waals surface area contributed by atoms with E-state index in [0.29, 0.717) is 0 Å². The first-order valence-corrected chi connectivity index (χ1v) is 6.21. The van der Waals surface area contributed by atoms with Crippen LogP contribution in [0.3, 0.4) is 0 Å². The molecule has 0 fully saturated rings. The van der Waals surface area contributed by atoms with Gasteiger partial charge in [-0.05, 0) is 6.42 Å². The predicted octanol–water partition coefficient (Wildman–Crippen LogP) is 0.149. The molecule has 0 aromatic carbocycles. The largest absolute Gasteiger partial charge is 0.309 e. The summed E-state index contributed by atoms with van der Waals surface area (Å²) in [7, 11) is 1.87. The molecule has 2 heterocycles. The number of nitrogens with zero attached hydrogens (tertiary/aromatic N) is 6. The molecule has 7 heteroatoms. The number of nitrogens with one attached hydrogen (secondary N) is 1. The second-order valence-electron chi connectivity index (χ2n) is 4.16. The van der Waals surface area contributed by atoms with E-state index < -0.39 is 0 Å². The van der Waals surface area contributed by atoms with E-state index >= 15 is 0 Å². The molecular weight excluding hydrogens is 230 g/mol. The van der Waals surface area contributed by atoms with Gasteiger partial charge in [0.15, 0.2) is 5.82 Å². The van der Waals surface area contributed by atoms with Crippen molar-refractivity contribution in [2.24, 2.45) is 7.05 Å². The van der Waals surface area contributed by atoms with Crippen LogP contribution < -0.4 is 5.32 Å². The molecule has 0 amide bonds. The van der Waals surface area contributed by atoms with Crippen LogP contribution in [0.1, 0.15) is 25.0 Å². The smallest absolute Gasteiger partial charge is 0.151 e. The van der Waals surface area contributed by atoms with E-state index in [0.717, 1.165) is 44.1 Å². The molecule has 0 spiro atoms. The minimum absolute atomic E-state index is 0.729. The van der Waals surface area contributed by atoms with Crippen molar-refractivity contribution in [3.8, 4) is 0 Å². The first-order valence-electron chi connectivity index (χ1n) is 6.21. The maximum atomic E-state index is 4.24. The highest BCUT2D eigenvalue weighted by Gasteiger charge is 2.03. The Morgan fingerprint density at radius 3 is 2.94 bits per heavy atom. The lowest BCUT2D eigenvalue weighted by atomic mass is 10.4. The summed E-state index contributed by atoms with van der Waals surface area (Å²) in [5.74, 6) is 1.84. The zero-order valence-electron chi connectivity index (χ0n) is 10.9. The first kappa shape index (κ1) is 12.7. The average molecular weight is 249 g/mol. The monoisotopic (exact) mass is 249 g/mol. The Balaban J connectivity index is 1.73. The summed E-state index contributed by atoms with van der Waals surface area (Å²) in [6, 6.07) is 0. The Morgan fingerprint density at radius 1 is 1.33 bits per heavy atom. The molecule has 1 N–H and O–H groups in total. The van der Waals surface area contributed by atoms with E-state index in [9.17, 15) is 0 Å². The van der Waals surface area contributed by atoms with Crippen molar-refractivity contribution >= 4 is 0 Å². The van der Waals surface area contributed by atoms with Crippen LogP contribution in [0.4, 0.5) is 0 Å². The molecule has 0 radical (unpaired) electrons. The Kier molecular flexibility index (Phi) is 4.40. The third-order valence-electron chi connectivity index (χ3n) is 2.59. The molecule has 0 atom stereocenters. The average Bonchev–Trinajstić information content (AvgIpc) is 2.95. The van der Waals surface area contributed by atoms with Crippen molar-refractivity contribution in [1.29, 1.82) is 0 Å². The molecule has 2 aromatic rings. The third-order valence-corrected chi connectivity index (χ3v) is 2.59. The summed E-state index contributed by atoms with van der Waals surface area (Å²) >= 11 is 0. The number of rotatable bonds is 7. The molecule has 0 saturated heterocycles. The van der Waals surface area contributed by atoms with Crippen LogP contribution >= 0.6 is 0 Å². The van der Waals surface area contributed by atoms with Crippen LogP contribution in [0, 0.1) is 0 Å². The van der Waals surface area contributed by atoms with Crippen LogP contribution in [0.5, 0.6) is 0 Å². The Labute approximate surface area is 106 Å². The molecule has 7 nitrogen and oxygen atoms in total. The minimum Gasteiger partial charge on any atom is -0.309 e. The molecule has 0 aliphatic carbocycles. The highest BCUT2D eigenvalue weighted by molar-refractivity contribution is 4.85. The van der Waals surface area contributed by atoms with Crippen molar-refractivity contribution in [2.75, 3.05) is 6.54 Å². The normalized spacial score (nSPS) is 11.0. The van der Waals surface area contributed by atoms with Crippen molar-refractivity contribution in [3.05, 3.63) is 24.3 Å². The highest BCUT2D eigenvalue weighted by atomic mass is 15.3. The second kappa shape index (κ2) is 6.25. The highest BCUT2D eigenvalue weighted by Crippen LogP contribution is 1.96. The Hall–Kier alpha value is -1.76. The van der Waals surface area contributed by atoms with Gasteiger partial charge in [0.2, 0.25) is 0 Å². The molecule has 0 saturated carbocycles. The van der Waals surface area contributed by atoms with E-state index in [1.54, 1.807) is 17.3 Å². The summed E-state index contributed by atoms with van der Waals surface area (Å²) < 4.78 is 3.65. The van der Waals surface area contributed by atoms with Gasteiger partial charge in [0, 0.05) is 26.6 Å². The molecule has 0 unspecified atom stereocenters. The van der Waals surface area contributed by atoms with E-state index in [4.69, 9.17) is 0 Å². The standard InChI is InChI=1S/C11H19N7/c1-3-6-18-11(13-8-15-18)7-12-5-4-10-14-9-17(2)16-10/h8-9,12H,3-7H2,1-2H3. The summed E-state index contributed by atoms with van der Waals surface area (Å²) in [5.41, 5.74) is 0. The quantitative estimate of drug-likeness (QED) is 0.707. The van der Waals surface area contributed by atoms with Gasteiger partial charge >= 0.3 is 0 Å². The van der Waals surface area contributed by atoms with Crippen molar-refractivity contribution in [1.82, 2.24) is 34.8 Å². The van der Waals surface area contributed by atoms with Crippen molar-refractivity contribution < 1.29 is 0 Å². The van der Waals surface area contributed by atoms with Crippen LogP contribution in [-0.2, 0) is 26.6 Å². The van der Waals surface area contributed by atoms with Crippen molar-refractivity contribution in [2.45, 2.75) is 32.9 Å². The van der Waals surface area contributed by atoms with Gasteiger partial charge in [-0.3, -0.25) is 4.68 Å². The molecule has 0 aliphatic heterocycles. The zero-order chi connectivity index (χ0) is 12.8. The van der Waals surface area contributed by atoms with Gasteiger partial charge in [0.1, 0.15) is 18.5 Å². The second-order valence-corrected chi connectivity index (χ2v) is 4.16. The fourth-order valence-corrected chi connectivity index (χ4v) is 1.72. The van der Waals surface area contributed by atoms with E-state index in [1.165, 1.54) is 0 Å². The summed E-state index contributed by atoms with van der Waals surface area (Å²) in [6.45, 7) is 4.61. The molecule has 98 valence electrons. The van der Waals surface area contributed by atoms with E-state index in [2.05, 4.69) is 32.4 Å². The Bertz CT molecular complexity index is 473. The SMILES string of the molecule is CCCn1ncnc1CNCCc1ncn(C)n1. The third kappa shape index (κ3) is 3.36. The van der Waals surface area contributed by atoms with Gasteiger partial charge in [-0.25, -0.2) is 14.6 Å². The molecular formula is C11H19N7. The van der Waals surface area contributed by atoms with Gasteiger partial charge in [-0.2, -0.15) is 10.2 Å². The van der Waals surface area contributed by atoms with Gasteiger partial charge in [0.05, 0.1) is 6.54 Å². The maximum Gasteiger partial charge on any atom is 0.151 e. The lowest BCUT2D eigenvalue weighted by Gasteiger charge is -2.05. The molecule has 18 heavy (non-hydrogen) atoms. The van der Waals surface area contributed by atoms with Crippen LogP contribution in [-0.4, -0.2) is 36.1 Å². The van der Waals surface area contributed by atoms with Gasteiger partial charge in [-0.15, -0.1) is 0 Å². The summed E-state index contributed by atoms with van der Waals surface area (Å²) in [6.07, 6.45) is 5.21. The topological polar surface area (TPSA) is 73.5 Å². The molecule has 0 bridgehead atoms. The van der Waals surface area contributed by atoms with Crippen molar-refractivity contribution in [3.63, 3.8) is 0 Å².